The molecule has 0 atom stereocenters. The van der Waals surface area contributed by atoms with Crippen molar-refractivity contribution in [3.05, 3.63) is 59.7 Å². The molecule has 0 unspecified atom stereocenters. The first-order valence-corrected chi connectivity index (χ1v) is 14.6. The molecular formula is C32H45F2N3O3. The normalized spacial score (nSPS) is 15.5. The number of nitrogens with zero attached hydrogens (tertiary/aromatic N) is 3. The molecule has 8 heteroatoms. The number of rotatable bonds is 9. The van der Waals surface area contributed by atoms with Crippen LogP contribution in [0, 0.1) is 23.5 Å². The number of hydrogen-bond acceptors (Lipinski definition) is 4. The fourth-order valence-electron chi connectivity index (χ4n) is 5.15. The van der Waals surface area contributed by atoms with Crippen molar-refractivity contribution >= 4 is 17.5 Å². The van der Waals surface area contributed by atoms with Crippen molar-refractivity contribution in [1.82, 2.24) is 9.80 Å². The van der Waals surface area contributed by atoms with Gasteiger partial charge in [0.1, 0.15) is 5.82 Å². The number of carbonyl (C=O) groups is 2. The lowest BCUT2D eigenvalue weighted by Crippen LogP contribution is -2.40. The van der Waals surface area contributed by atoms with Crippen LogP contribution in [0.25, 0.3) is 0 Å². The molecule has 40 heavy (non-hydrogen) atoms. The number of anilines is 1. The molecule has 220 valence electrons. The van der Waals surface area contributed by atoms with Crippen LogP contribution in [0.15, 0.2) is 42.5 Å². The summed E-state index contributed by atoms with van der Waals surface area (Å²) in [4.78, 5) is 32.7. The monoisotopic (exact) mass is 557 g/mol. The van der Waals surface area contributed by atoms with Gasteiger partial charge in [0.15, 0.2) is 11.6 Å². The summed E-state index contributed by atoms with van der Waals surface area (Å²) >= 11 is 0. The molecule has 0 N–H and O–H groups in total. The van der Waals surface area contributed by atoms with E-state index in [-0.39, 0.29) is 43.1 Å². The Morgan fingerprint density at radius 1 is 0.900 bits per heavy atom. The maximum Gasteiger partial charge on any atom is 0.227 e. The summed E-state index contributed by atoms with van der Waals surface area (Å²) in [5.74, 6) is -0.0169. The van der Waals surface area contributed by atoms with Crippen molar-refractivity contribution < 1.29 is 23.1 Å². The Balaban J connectivity index is 1.81. The number of benzene rings is 2. The number of amides is 2. The van der Waals surface area contributed by atoms with E-state index in [0.29, 0.717) is 43.1 Å². The lowest BCUT2D eigenvalue weighted by molar-refractivity contribution is -0.132. The summed E-state index contributed by atoms with van der Waals surface area (Å²) in [6.45, 7) is 12.6. The standard InChI is InChI=1S/C32H45F2N3O3/c1-24(2)20-32(39)37-18-9-16-35(22-25(3)4)15-8-17-36(23-26-21-27(33)13-14-29(26)37)31(38)12-7-19-40-30-11-6-5-10-28(30)34/h5-6,10-11,13-14,21,24-25H,7-9,12,15-20,22-23H2,1-4H3. The average Bonchev–Trinajstić information content (AvgIpc) is 2.88. The van der Waals surface area contributed by atoms with E-state index < -0.39 is 11.6 Å². The lowest BCUT2D eigenvalue weighted by atomic mass is 10.1. The van der Waals surface area contributed by atoms with Crippen molar-refractivity contribution in [2.75, 3.05) is 44.2 Å². The maximum absolute atomic E-state index is 14.5. The van der Waals surface area contributed by atoms with E-state index >= 15 is 0 Å². The second kappa shape index (κ2) is 15.7. The Labute approximate surface area is 238 Å². The summed E-state index contributed by atoms with van der Waals surface area (Å²) in [5.41, 5.74) is 1.30. The molecule has 0 aliphatic carbocycles. The first-order chi connectivity index (χ1) is 19.1. The van der Waals surface area contributed by atoms with E-state index in [2.05, 4.69) is 18.7 Å². The lowest BCUT2D eigenvalue weighted by Gasteiger charge is -2.32. The predicted octanol–water partition coefficient (Wildman–Crippen LogP) is 6.28. The second-order valence-corrected chi connectivity index (χ2v) is 11.5. The third-order valence-electron chi connectivity index (χ3n) is 6.94. The van der Waals surface area contributed by atoms with Crippen LogP contribution in [0.1, 0.15) is 65.4 Å². The Morgan fingerprint density at radius 2 is 1.62 bits per heavy atom. The number of carbonyl (C=O) groups excluding carboxylic acids is 2. The zero-order chi connectivity index (χ0) is 29.1. The Bertz CT molecular complexity index is 1110. The number of para-hydroxylation sites is 1. The summed E-state index contributed by atoms with van der Waals surface area (Å²) < 4.78 is 33.9. The molecule has 2 aromatic rings. The average molecular weight is 558 g/mol. The number of fused-ring (bicyclic) bond motifs is 1. The first-order valence-electron chi connectivity index (χ1n) is 14.6. The topological polar surface area (TPSA) is 53.1 Å². The molecule has 0 saturated heterocycles. The van der Waals surface area contributed by atoms with Gasteiger partial charge in [0, 0.05) is 44.7 Å². The van der Waals surface area contributed by atoms with Crippen LogP contribution in [-0.2, 0) is 16.1 Å². The van der Waals surface area contributed by atoms with Gasteiger partial charge in [0.25, 0.3) is 0 Å². The number of ether oxygens (including phenoxy) is 1. The van der Waals surface area contributed by atoms with Crippen LogP contribution in [-0.4, -0.2) is 60.9 Å². The van der Waals surface area contributed by atoms with Crippen LogP contribution < -0.4 is 9.64 Å². The van der Waals surface area contributed by atoms with Gasteiger partial charge in [-0.15, -0.1) is 0 Å². The highest BCUT2D eigenvalue weighted by Gasteiger charge is 2.24. The van der Waals surface area contributed by atoms with E-state index in [9.17, 15) is 18.4 Å². The molecule has 2 aromatic carbocycles. The van der Waals surface area contributed by atoms with E-state index in [0.717, 1.165) is 32.5 Å². The van der Waals surface area contributed by atoms with Crippen molar-refractivity contribution in [1.29, 1.82) is 0 Å². The van der Waals surface area contributed by atoms with E-state index in [1.165, 1.54) is 18.2 Å². The van der Waals surface area contributed by atoms with E-state index in [1.54, 1.807) is 34.1 Å². The van der Waals surface area contributed by atoms with Gasteiger partial charge in [-0.3, -0.25) is 9.59 Å². The van der Waals surface area contributed by atoms with Crippen LogP contribution >= 0.6 is 0 Å². The summed E-state index contributed by atoms with van der Waals surface area (Å²) in [6.07, 6.45) is 2.67. The van der Waals surface area contributed by atoms with Crippen molar-refractivity contribution in [3.8, 4) is 5.75 Å². The Morgan fingerprint density at radius 3 is 2.33 bits per heavy atom. The van der Waals surface area contributed by atoms with Crippen LogP contribution in [0.3, 0.4) is 0 Å². The Kier molecular flexibility index (Phi) is 12.4. The minimum absolute atomic E-state index is 0.0125. The largest absolute Gasteiger partial charge is 0.491 e. The van der Waals surface area contributed by atoms with Gasteiger partial charge in [-0.2, -0.15) is 0 Å². The molecule has 0 spiro atoms. The molecule has 2 amide bonds. The van der Waals surface area contributed by atoms with E-state index in [1.807, 2.05) is 13.8 Å². The fourth-order valence-corrected chi connectivity index (χ4v) is 5.15. The molecule has 0 saturated carbocycles. The second-order valence-electron chi connectivity index (χ2n) is 11.5. The van der Waals surface area contributed by atoms with E-state index in [4.69, 9.17) is 4.74 Å². The molecule has 0 aromatic heterocycles. The zero-order valence-corrected chi connectivity index (χ0v) is 24.5. The maximum atomic E-state index is 14.5. The van der Waals surface area contributed by atoms with Gasteiger partial charge in [0.2, 0.25) is 11.8 Å². The first kappa shape index (κ1) is 31.5. The van der Waals surface area contributed by atoms with Crippen LogP contribution in [0.5, 0.6) is 5.75 Å². The molecule has 1 heterocycles. The molecule has 0 fully saturated rings. The highest BCUT2D eigenvalue weighted by Crippen LogP contribution is 2.27. The summed E-state index contributed by atoms with van der Waals surface area (Å²) in [6, 6.07) is 10.7. The minimum atomic E-state index is -0.432. The molecule has 1 aliphatic rings. The SMILES string of the molecule is CC(C)CC(=O)N1CCCN(CC(C)C)CCCN(C(=O)CCCOc2ccccc2F)Cc2cc(F)ccc21. The number of hydrogen-bond donors (Lipinski definition) is 0. The highest BCUT2D eigenvalue weighted by atomic mass is 19.1. The predicted molar refractivity (Wildman–Crippen MR) is 155 cm³/mol. The van der Waals surface area contributed by atoms with Gasteiger partial charge in [-0.25, -0.2) is 8.78 Å². The molecule has 1 aliphatic heterocycles. The third-order valence-corrected chi connectivity index (χ3v) is 6.94. The minimum Gasteiger partial charge on any atom is -0.491 e. The van der Waals surface area contributed by atoms with Crippen molar-refractivity contribution in [2.24, 2.45) is 11.8 Å². The summed E-state index contributed by atoms with van der Waals surface area (Å²) in [7, 11) is 0. The van der Waals surface area contributed by atoms with Gasteiger partial charge in [-0.1, -0.05) is 39.8 Å². The van der Waals surface area contributed by atoms with Gasteiger partial charge in [0.05, 0.1) is 6.61 Å². The smallest absolute Gasteiger partial charge is 0.227 e. The van der Waals surface area contributed by atoms with Gasteiger partial charge < -0.3 is 19.4 Å². The molecule has 0 bridgehead atoms. The van der Waals surface area contributed by atoms with Gasteiger partial charge >= 0.3 is 0 Å². The molecule has 3 rings (SSSR count). The highest BCUT2D eigenvalue weighted by molar-refractivity contribution is 5.94. The summed E-state index contributed by atoms with van der Waals surface area (Å²) in [5, 5.41) is 0. The van der Waals surface area contributed by atoms with Gasteiger partial charge in [-0.05, 0) is 80.1 Å². The fraction of sp³-hybridized carbons (Fsp3) is 0.562. The van der Waals surface area contributed by atoms with Crippen molar-refractivity contribution in [2.45, 2.75) is 66.3 Å². The Hall–Kier alpha value is -3.00. The van der Waals surface area contributed by atoms with Crippen LogP contribution in [0.2, 0.25) is 0 Å². The number of halogens is 2. The zero-order valence-electron chi connectivity index (χ0n) is 24.5. The molecule has 6 nitrogen and oxygen atoms in total. The molecular weight excluding hydrogens is 512 g/mol. The molecule has 0 radical (unpaired) electrons. The third kappa shape index (κ3) is 9.88. The quantitative estimate of drug-likeness (QED) is 0.341. The van der Waals surface area contributed by atoms with Crippen molar-refractivity contribution in [3.63, 3.8) is 0 Å². The van der Waals surface area contributed by atoms with Crippen LogP contribution in [0.4, 0.5) is 14.5 Å².